The van der Waals surface area contributed by atoms with Gasteiger partial charge in [-0.3, -0.25) is 4.79 Å². The number of nitriles is 1. The molecule has 31 heavy (non-hydrogen) atoms. The smallest absolute Gasteiger partial charge is 0.266 e. The van der Waals surface area contributed by atoms with Gasteiger partial charge >= 0.3 is 0 Å². The summed E-state index contributed by atoms with van der Waals surface area (Å²) in [4.78, 5) is 12.7. The van der Waals surface area contributed by atoms with Gasteiger partial charge in [0.2, 0.25) is 0 Å². The minimum Gasteiger partial charge on any atom is -0.496 e. The monoisotopic (exact) mass is 430 g/mol. The molecule has 4 nitrogen and oxygen atoms in total. The lowest BCUT2D eigenvalue weighted by atomic mass is 10.0. The van der Waals surface area contributed by atoms with Crippen LogP contribution in [0.1, 0.15) is 29.2 Å². The molecule has 0 aliphatic carbocycles. The van der Waals surface area contributed by atoms with E-state index in [0.717, 1.165) is 23.1 Å². The van der Waals surface area contributed by atoms with Crippen molar-refractivity contribution in [1.29, 1.82) is 5.26 Å². The molecule has 0 atom stereocenters. The molecule has 1 amide bonds. The number of para-hydroxylation sites is 1. The molecule has 0 unspecified atom stereocenters. The highest BCUT2D eigenvalue weighted by Gasteiger charge is 2.13. The molecular formula is C26H23ClN2O2. The minimum atomic E-state index is -0.442. The fraction of sp³-hybridized carbons (Fsp3) is 0.154. The molecule has 5 heteroatoms. The molecule has 0 saturated carbocycles. The molecular weight excluding hydrogens is 408 g/mol. The summed E-state index contributed by atoms with van der Waals surface area (Å²) in [6.07, 6.45) is 2.96. The Hall–Kier alpha value is -3.55. The molecule has 0 fully saturated rings. The number of anilines is 1. The van der Waals surface area contributed by atoms with Gasteiger partial charge in [-0.15, -0.1) is 0 Å². The van der Waals surface area contributed by atoms with Crippen molar-refractivity contribution in [2.45, 2.75) is 19.8 Å². The molecule has 0 heterocycles. The molecule has 3 rings (SSSR count). The minimum absolute atomic E-state index is 0.0202. The summed E-state index contributed by atoms with van der Waals surface area (Å²) in [7, 11) is 1.60. The molecule has 1 N–H and O–H groups in total. The number of methoxy groups -OCH3 is 1. The summed E-state index contributed by atoms with van der Waals surface area (Å²) in [5, 5.41) is 13.1. The molecule has 0 saturated heterocycles. The summed E-state index contributed by atoms with van der Waals surface area (Å²) in [6.45, 7) is 2.02. The SMILES string of the molecule is CCc1ccccc1NC(=O)/C(C#N)=C/c1ccc(Cc2ccccc2Cl)c(OC)c1. The maximum atomic E-state index is 12.7. The maximum absolute atomic E-state index is 12.7. The third-order valence-electron chi connectivity index (χ3n) is 4.97. The molecule has 0 aromatic heterocycles. The zero-order valence-corrected chi connectivity index (χ0v) is 18.2. The predicted molar refractivity (Wildman–Crippen MR) is 125 cm³/mol. The highest BCUT2D eigenvalue weighted by molar-refractivity contribution is 6.31. The largest absolute Gasteiger partial charge is 0.496 e. The Morgan fingerprint density at radius 2 is 1.77 bits per heavy atom. The van der Waals surface area contributed by atoms with Gasteiger partial charge in [0.25, 0.3) is 5.91 Å². The standard InChI is InChI=1S/C26H23ClN2O2/c1-3-19-8-5-7-11-24(19)29-26(30)22(17-28)14-18-12-13-21(25(15-18)31-2)16-20-9-4-6-10-23(20)27/h4-15H,3,16H2,1-2H3,(H,29,30)/b22-14+. The Labute approximate surface area is 187 Å². The molecule has 0 radical (unpaired) electrons. The average molecular weight is 431 g/mol. The molecule has 0 aliphatic heterocycles. The van der Waals surface area contributed by atoms with Crippen molar-refractivity contribution in [3.8, 4) is 11.8 Å². The van der Waals surface area contributed by atoms with Gasteiger partial charge in [-0.25, -0.2) is 0 Å². The van der Waals surface area contributed by atoms with Crippen LogP contribution in [0, 0.1) is 11.3 Å². The van der Waals surface area contributed by atoms with E-state index in [2.05, 4.69) is 5.32 Å². The number of carbonyl (C=O) groups is 1. The van der Waals surface area contributed by atoms with Gasteiger partial charge in [0.15, 0.2) is 0 Å². The van der Waals surface area contributed by atoms with Crippen LogP contribution in [0.15, 0.2) is 72.3 Å². The second kappa shape index (κ2) is 10.5. The number of halogens is 1. The number of benzene rings is 3. The number of hydrogen-bond acceptors (Lipinski definition) is 3. The van der Waals surface area contributed by atoms with E-state index >= 15 is 0 Å². The summed E-state index contributed by atoms with van der Waals surface area (Å²) in [6, 6.07) is 22.8. The second-order valence-electron chi connectivity index (χ2n) is 6.97. The van der Waals surface area contributed by atoms with Gasteiger partial charge in [-0.1, -0.05) is 67.1 Å². The van der Waals surface area contributed by atoms with E-state index < -0.39 is 5.91 Å². The number of nitrogens with zero attached hydrogens (tertiary/aromatic N) is 1. The lowest BCUT2D eigenvalue weighted by Crippen LogP contribution is -2.14. The lowest BCUT2D eigenvalue weighted by Gasteiger charge is -2.11. The quantitative estimate of drug-likeness (QED) is 0.366. The highest BCUT2D eigenvalue weighted by atomic mass is 35.5. The Balaban J connectivity index is 1.84. The molecule has 0 spiro atoms. The van der Waals surface area contributed by atoms with E-state index in [1.54, 1.807) is 13.2 Å². The Bertz CT molecular complexity index is 1160. The van der Waals surface area contributed by atoms with E-state index in [0.29, 0.717) is 28.4 Å². The van der Waals surface area contributed by atoms with Crippen LogP contribution < -0.4 is 10.1 Å². The van der Waals surface area contributed by atoms with Crippen molar-refractivity contribution in [2.75, 3.05) is 12.4 Å². The van der Waals surface area contributed by atoms with Gasteiger partial charge in [0.1, 0.15) is 17.4 Å². The predicted octanol–water partition coefficient (Wildman–Crippen LogP) is 6.05. The topological polar surface area (TPSA) is 62.1 Å². The zero-order valence-electron chi connectivity index (χ0n) is 17.5. The highest BCUT2D eigenvalue weighted by Crippen LogP contribution is 2.27. The number of aryl methyl sites for hydroxylation is 1. The van der Waals surface area contributed by atoms with E-state index in [9.17, 15) is 10.1 Å². The fourth-order valence-corrected chi connectivity index (χ4v) is 3.50. The Morgan fingerprint density at radius 1 is 1.06 bits per heavy atom. The normalized spacial score (nSPS) is 11.0. The Morgan fingerprint density at radius 3 is 2.45 bits per heavy atom. The van der Waals surface area contributed by atoms with E-state index in [1.165, 1.54) is 0 Å². The molecule has 156 valence electrons. The number of ether oxygens (including phenoxy) is 1. The van der Waals surface area contributed by atoms with Crippen molar-refractivity contribution in [3.63, 3.8) is 0 Å². The van der Waals surface area contributed by atoms with Gasteiger partial charge in [-0.2, -0.15) is 5.26 Å². The number of hydrogen-bond donors (Lipinski definition) is 1. The summed E-state index contributed by atoms with van der Waals surface area (Å²) in [5.41, 5.74) is 4.41. The first-order chi connectivity index (χ1) is 15.0. The van der Waals surface area contributed by atoms with Gasteiger partial charge in [-0.05, 0) is 52.9 Å². The van der Waals surface area contributed by atoms with Crippen molar-refractivity contribution in [3.05, 3.63) is 99.6 Å². The van der Waals surface area contributed by atoms with Crippen LogP contribution in [0.25, 0.3) is 6.08 Å². The van der Waals surface area contributed by atoms with Gasteiger partial charge < -0.3 is 10.1 Å². The van der Waals surface area contributed by atoms with Crippen molar-refractivity contribution >= 4 is 29.3 Å². The molecule has 3 aromatic rings. The molecule has 0 bridgehead atoms. The van der Waals surface area contributed by atoms with Crippen LogP contribution in [0.5, 0.6) is 5.75 Å². The van der Waals surface area contributed by atoms with E-state index in [4.69, 9.17) is 16.3 Å². The van der Waals surface area contributed by atoms with Crippen molar-refractivity contribution in [2.24, 2.45) is 0 Å². The van der Waals surface area contributed by atoms with E-state index in [-0.39, 0.29) is 5.57 Å². The van der Waals surface area contributed by atoms with Crippen molar-refractivity contribution in [1.82, 2.24) is 0 Å². The van der Waals surface area contributed by atoms with Crippen LogP contribution in [-0.2, 0) is 17.6 Å². The zero-order chi connectivity index (χ0) is 22.2. The first-order valence-corrected chi connectivity index (χ1v) is 10.3. The van der Waals surface area contributed by atoms with Crippen LogP contribution in [0.4, 0.5) is 5.69 Å². The summed E-state index contributed by atoms with van der Waals surface area (Å²) >= 11 is 6.28. The number of amides is 1. The molecule has 0 aliphatic rings. The van der Waals surface area contributed by atoms with Crippen LogP contribution >= 0.6 is 11.6 Å². The maximum Gasteiger partial charge on any atom is 0.266 e. The fourth-order valence-electron chi connectivity index (χ4n) is 3.30. The number of nitrogens with one attached hydrogen (secondary N) is 1. The van der Waals surface area contributed by atoms with Crippen molar-refractivity contribution < 1.29 is 9.53 Å². The third-order valence-corrected chi connectivity index (χ3v) is 5.34. The van der Waals surface area contributed by atoms with Crippen LogP contribution in [-0.4, -0.2) is 13.0 Å². The summed E-state index contributed by atoms with van der Waals surface area (Å²) in [5.74, 6) is 0.227. The number of carbonyl (C=O) groups excluding carboxylic acids is 1. The second-order valence-corrected chi connectivity index (χ2v) is 7.38. The van der Waals surface area contributed by atoms with Crippen LogP contribution in [0.2, 0.25) is 5.02 Å². The van der Waals surface area contributed by atoms with Gasteiger partial charge in [0.05, 0.1) is 7.11 Å². The van der Waals surface area contributed by atoms with E-state index in [1.807, 2.05) is 79.7 Å². The summed E-state index contributed by atoms with van der Waals surface area (Å²) < 4.78 is 5.54. The van der Waals surface area contributed by atoms with Gasteiger partial charge in [0, 0.05) is 17.1 Å². The third kappa shape index (κ3) is 5.53. The van der Waals surface area contributed by atoms with Crippen LogP contribution in [0.3, 0.4) is 0 Å². The molecule has 3 aromatic carbocycles. The lowest BCUT2D eigenvalue weighted by molar-refractivity contribution is -0.112. The first kappa shape index (κ1) is 22.1. The first-order valence-electron chi connectivity index (χ1n) is 9.97. The average Bonchev–Trinajstić information content (AvgIpc) is 2.79. The Kier molecular flexibility index (Phi) is 7.48. The number of rotatable bonds is 7.